The van der Waals surface area contributed by atoms with Crippen LogP contribution in [0.25, 0.3) is 0 Å². The van der Waals surface area contributed by atoms with E-state index in [0.29, 0.717) is 12.5 Å². The Morgan fingerprint density at radius 3 is 2.70 bits per heavy atom. The van der Waals surface area contributed by atoms with Crippen molar-refractivity contribution in [2.75, 3.05) is 6.54 Å². The third-order valence-corrected chi connectivity index (χ3v) is 1.99. The second kappa shape index (κ2) is 5.82. The van der Waals surface area contributed by atoms with Gasteiger partial charge in [0.1, 0.15) is 0 Å². The molecule has 0 aliphatic carbocycles. The lowest BCUT2D eigenvalue weighted by Gasteiger charge is -2.10. The monoisotopic (exact) mass is 164 g/mol. The Morgan fingerprint density at radius 1 is 1.70 bits per heavy atom. The molecule has 3 nitrogen and oxygen atoms in total. The number of rotatable bonds is 5. The van der Waals surface area contributed by atoms with Gasteiger partial charge in [0.25, 0.3) is 0 Å². The topological polar surface area (TPSA) is 52.2 Å². The summed E-state index contributed by atoms with van der Waals surface area (Å²) in [5, 5.41) is 0. The van der Waals surface area contributed by atoms with E-state index in [1.54, 1.807) is 0 Å². The summed E-state index contributed by atoms with van der Waals surface area (Å²) in [6.07, 6.45) is 2.03. The fraction of sp³-hybridized carbons (Fsp3) is 1.00. The molecule has 1 N–H and O–H groups in total. The van der Waals surface area contributed by atoms with Gasteiger partial charge in [0.05, 0.1) is 0 Å². The maximum atomic E-state index is 9.96. The summed E-state index contributed by atoms with van der Waals surface area (Å²) in [4.78, 5) is 0. The maximum absolute atomic E-state index is 9.96. The van der Waals surface area contributed by atoms with Gasteiger partial charge in [0.2, 0.25) is 0 Å². The average Bonchev–Trinajstić information content (AvgIpc) is 1.87. The SMILES string of the molecule is CCC(C)CCNS(=O)[O-]. The molecule has 0 aromatic heterocycles. The Morgan fingerprint density at radius 2 is 2.30 bits per heavy atom. The van der Waals surface area contributed by atoms with Crippen LogP contribution in [0.3, 0.4) is 0 Å². The fourth-order valence-corrected chi connectivity index (χ4v) is 0.877. The Labute approximate surface area is 64.6 Å². The molecule has 0 aromatic rings. The lowest BCUT2D eigenvalue weighted by Crippen LogP contribution is -2.19. The van der Waals surface area contributed by atoms with Gasteiger partial charge in [0.15, 0.2) is 0 Å². The van der Waals surface area contributed by atoms with Gasteiger partial charge in [-0.15, -0.1) is 0 Å². The normalized spacial score (nSPS) is 16.7. The molecule has 0 saturated heterocycles. The van der Waals surface area contributed by atoms with Crippen molar-refractivity contribution in [3.8, 4) is 0 Å². The van der Waals surface area contributed by atoms with Gasteiger partial charge >= 0.3 is 0 Å². The van der Waals surface area contributed by atoms with E-state index in [2.05, 4.69) is 18.6 Å². The van der Waals surface area contributed by atoms with Crippen LogP contribution >= 0.6 is 0 Å². The Hall–Kier alpha value is 0.0700. The molecule has 0 spiro atoms. The first kappa shape index (κ1) is 10.1. The Balaban J connectivity index is 3.11. The third-order valence-electron chi connectivity index (χ3n) is 1.55. The van der Waals surface area contributed by atoms with E-state index in [4.69, 9.17) is 0 Å². The molecule has 4 heteroatoms. The molecule has 2 unspecified atom stereocenters. The molecule has 0 aliphatic heterocycles. The molecule has 0 aromatic carbocycles. The minimum absolute atomic E-state index is 0.561. The van der Waals surface area contributed by atoms with Crippen molar-refractivity contribution in [1.29, 1.82) is 0 Å². The first-order chi connectivity index (χ1) is 4.66. The van der Waals surface area contributed by atoms with Crippen molar-refractivity contribution < 1.29 is 8.76 Å². The van der Waals surface area contributed by atoms with Crippen LogP contribution in [0.4, 0.5) is 0 Å². The molecular weight excluding hydrogens is 150 g/mol. The van der Waals surface area contributed by atoms with Crippen molar-refractivity contribution in [1.82, 2.24) is 4.72 Å². The zero-order valence-electron chi connectivity index (χ0n) is 6.42. The molecule has 62 valence electrons. The molecule has 0 amide bonds. The van der Waals surface area contributed by atoms with Gasteiger partial charge in [-0.3, -0.25) is 4.21 Å². The van der Waals surface area contributed by atoms with E-state index in [9.17, 15) is 8.76 Å². The van der Waals surface area contributed by atoms with Crippen molar-refractivity contribution >= 4 is 11.3 Å². The molecule has 0 radical (unpaired) electrons. The van der Waals surface area contributed by atoms with Crippen molar-refractivity contribution in [2.24, 2.45) is 5.92 Å². The second-order valence-electron chi connectivity index (χ2n) is 2.43. The molecule has 10 heavy (non-hydrogen) atoms. The largest absolute Gasteiger partial charge is 0.760 e. The van der Waals surface area contributed by atoms with Crippen LogP contribution in [0, 0.1) is 5.92 Å². The van der Waals surface area contributed by atoms with Crippen LogP contribution in [0.1, 0.15) is 26.7 Å². The predicted molar refractivity (Wildman–Crippen MR) is 41.0 cm³/mol. The van der Waals surface area contributed by atoms with Gasteiger partial charge in [-0.25, -0.2) is 4.72 Å². The Bertz CT molecular complexity index is 108. The fourth-order valence-electron chi connectivity index (χ4n) is 0.593. The molecule has 0 rings (SSSR count). The zero-order chi connectivity index (χ0) is 7.98. The second-order valence-corrected chi connectivity index (χ2v) is 3.19. The number of nitrogens with one attached hydrogen (secondary N) is 1. The van der Waals surface area contributed by atoms with Crippen LogP contribution in [0.2, 0.25) is 0 Å². The van der Waals surface area contributed by atoms with Gasteiger partial charge in [0, 0.05) is 17.8 Å². The molecule has 0 heterocycles. The average molecular weight is 164 g/mol. The summed E-state index contributed by atoms with van der Waals surface area (Å²) in [5.74, 6) is 0.607. The highest BCUT2D eigenvalue weighted by Crippen LogP contribution is 2.03. The first-order valence-electron chi connectivity index (χ1n) is 3.49. The van der Waals surface area contributed by atoms with Crippen LogP contribution in [0.15, 0.2) is 0 Å². The van der Waals surface area contributed by atoms with Crippen LogP contribution in [0.5, 0.6) is 0 Å². The molecule has 0 bridgehead atoms. The molecule has 0 fully saturated rings. The summed E-state index contributed by atoms with van der Waals surface area (Å²) < 4.78 is 22.2. The molecule has 0 saturated carbocycles. The summed E-state index contributed by atoms with van der Waals surface area (Å²) >= 11 is -2.08. The van der Waals surface area contributed by atoms with Crippen molar-refractivity contribution in [3.05, 3.63) is 0 Å². The quantitative estimate of drug-likeness (QED) is 0.611. The van der Waals surface area contributed by atoms with Crippen LogP contribution in [-0.2, 0) is 11.3 Å². The lowest BCUT2D eigenvalue weighted by atomic mass is 10.1. The zero-order valence-corrected chi connectivity index (χ0v) is 7.24. The van der Waals surface area contributed by atoms with Crippen LogP contribution in [-0.4, -0.2) is 15.3 Å². The van der Waals surface area contributed by atoms with Gasteiger partial charge in [-0.05, 0) is 12.3 Å². The number of hydrogen-bond donors (Lipinski definition) is 1. The number of hydrogen-bond acceptors (Lipinski definition) is 2. The minimum atomic E-state index is -2.08. The molecule has 0 aliphatic rings. The van der Waals surface area contributed by atoms with E-state index in [0.717, 1.165) is 12.8 Å². The van der Waals surface area contributed by atoms with E-state index in [1.165, 1.54) is 0 Å². The van der Waals surface area contributed by atoms with Gasteiger partial charge < -0.3 is 4.55 Å². The maximum Gasteiger partial charge on any atom is 0.0181 e. The van der Waals surface area contributed by atoms with Gasteiger partial charge in [-0.1, -0.05) is 20.3 Å². The highest BCUT2D eigenvalue weighted by Gasteiger charge is 1.96. The summed E-state index contributed by atoms with van der Waals surface area (Å²) in [7, 11) is 0. The highest BCUT2D eigenvalue weighted by molar-refractivity contribution is 7.77. The Kier molecular flexibility index (Phi) is 5.87. The summed E-state index contributed by atoms with van der Waals surface area (Å²) in [6.45, 7) is 4.76. The minimum Gasteiger partial charge on any atom is -0.760 e. The van der Waals surface area contributed by atoms with Crippen molar-refractivity contribution in [2.45, 2.75) is 26.7 Å². The predicted octanol–water partition coefficient (Wildman–Crippen LogP) is 0.806. The standard InChI is InChI=1S/C6H15NO2S/c1-3-6(2)4-5-7-10(8)9/h6-7H,3-5H2,1-2H3,(H,8,9)/p-1. The first-order valence-corrected chi connectivity index (χ1v) is 4.57. The third kappa shape index (κ3) is 6.19. The summed E-state index contributed by atoms with van der Waals surface area (Å²) in [6, 6.07) is 0. The lowest BCUT2D eigenvalue weighted by molar-refractivity contribution is 0.491. The molecule has 2 atom stereocenters. The summed E-state index contributed by atoms with van der Waals surface area (Å²) in [5.41, 5.74) is 0. The van der Waals surface area contributed by atoms with E-state index in [1.807, 2.05) is 0 Å². The molecular formula is C6H14NO2S-. The van der Waals surface area contributed by atoms with E-state index < -0.39 is 11.3 Å². The van der Waals surface area contributed by atoms with E-state index in [-0.39, 0.29) is 0 Å². The van der Waals surface area contributed by atoms with Gasteiger partial charge in [-0.2, -0.15) is 0 Å². The smallest absolute Gasteiger partial charge is 0.0181 e. The van der Waals surface area contributed by atoms with E-state index >= 15 is 0 Å². The van der Waals surface area contributed by atoms with Crippen LogP contribution < -0.4 is 4.72 Å². The highest BCUT2D eigenvalue weighted by atomic mass is 32.2. The van der Waals surface area contributed by atoms with Crippen molar-refractivity contribution in [3.63, 3.8) is 0 Å².